The van der Waals surface area contributed by atoms with Gasteiger partial charge in [-0.15, -0.1) is 0 Å². The van der Waals surface area contributed by atoms with Gasteiger partial charge in [-0.05, 0) is 60.8 Å². The van der Waals surface area contributed by atoms with Crippen molar-refractivity contribution in [3.05, 3.63) is 22.2 Å². The van der Waals surface area contributed by atoms with E-state index in [1.807, 2.05) is 32.9 Å². The molecule has 0 heterocycles. The van der Waals surface area contributed by atoms with E-state index in [2.05, 4.69) is 15.9 Å². The van der Waals surface area contributed by atoms with Gasteiger partial charge in [0.15, 0.2) is 11.5 Å². The summed E-state index contributed by atoms with van der Waals surface area (Å²) in [5.41, 5.74) is 7.01. The van der Waals surface area contributed by atoms with Crippen molar-refractivity contribution in [2.24, 2.45) is 5.73 Å². The lowest BCUT2D eigenvalue weighted by Crippen LogP contribution is -2.18. The molecule has 0 aliphatic rings. The van der Waals surface area contributed by atoms with Crippen molar-refractivity contribution in [2.75, 3.05) is 20.3 Å². The Hall–Kier alpha value is -0.780. The van der Waals surface area contributed by atoms with Crippen LogP contribution >= 0.6 is 15.9 Å². The van der Waals surface area contributed by atoms with Crippen LogP contribution in [0.4, 0.5) is 0 Å². The Labute approximate surface area is 136 Å². The van der Waals surface area contributed by atoms with Crippen LogP contribution in [0.3, 0.4) is 0 Å². The summed E-state index contributed by atoms with van der Waals surface area (Å²) < 4.78 is 17.7. The molecule has 5 heteroatoms. The Morgan fingerprint density at radius 3 is 2.57 bits per heavy atom. The highest BCUT2D eigenvalue weighted by Gasteiger charge is 2.15. The highest BCUT2D eigenvalue weighted by atomic mass is 79.9. The summed E-state index contributed by atoms with van der Waals surface area (Å²) >= 11 is 3.58. The molecule has 1 aromatic carbocycles. The average Bonchev–Trinajstić information content (AvgIpc) is 2.40. The van der Waals surface area contributed by atoms with E-state index in [4.69, 9.17) is 19.9 Å². The van der Waals surface area contributed by atoms with Crippen molar-refractivity contribution >= 4 is 15.9 Å². The van der Waals surface area contributed by atoms with Crippen LogP contribution in [0.25, 0.3) is 0 Å². The third-order valence-corrected chi connectivity index (χ3v) is 3.56. The highest BCUT2D eigenvalue weighted by Crippen LogP contribution is 2.38. The van der Waals surface area contributed by atoms with Crippen LogP contribution in [-0.2, 0) is 11.2 Å². The summed E-state index contributed by atoms with van der Waals surface area (Å²) in [5, 5.41) is 0. The molecule has 0 aliphatic heterocycles. The van der Waals surface area contributed by atoms with Crippen molar-refractivity contribution in [1.29, 1.82) is 0 Å². The van der Waals surface area contributed by atoms with Crippen LogP contribution < -0.4 is 15.2 Å². The maximum absolute atomic E-state index is 6.01. The predicted octanol–water partition coefficient (Wildman–Crippen LogP) is 3.54. The minimum atomic E-state index is 0.0553. The molecule has 1 aromatic rings. The molecule has 1 rings (SSSR count). The van der Waals surface area contributed by atoms with Gasteiger partial charge in [0, 0.05) is 26.2 Å². The fourth-order valence-corrected chi connectivity index (χ4v) is 2.62. The van der Waals surface area contributed by atoms with Crippen LogP contribution in [0.1, 0.15) is 32.8 Å². The third-order valence-electron chi connectivity index (χ3n) is 2.97. The van der Waals surface area contributed by atoms with Gasteiger partial charge in [0.05, 0.1) is 17.2 Å². The number of methoxy groups -OCH3 is 1. The molecule has 2 N–H and O–H groups in total. The van der Waals surface area contributed by atoms with Crippen LogP contribution in [0.15, 0.2) is 16.6 Å². The lowest BCUT2D eigenvalue weighted by Gasteiger charge is -2.20. The van der Waals surface area contributed by atoms with Gasteiger partial charge in [0.1, 0.15) is 0 Å². The van der Waals surface area contributed by atoms with Gasteiger partial charge in [-0.3, -0.25) is 0 Å². The number of halogens is 1. The molecule has 0 fully saturated rings. The number of nitrogens with two attached hydrogens (primary N) is 1. The fraction of sp³-hybridized carbons (Fsp3) is 0.625. The SMILES string of the molecule is CCOc1cc(CC(C)N)cc(Br)c1OC(C)CCOC. The van der Waals surface area contributed by atoms with Crippen molar-refractivity contribution in [3.8, 4) is 11.5 Å². The Bertz CT molecular complexity index is 438. The van der Waals surface area contributed by atoms with Crippen molar-refractivity contribution in [1.82, 2.24) is 0 Å². The quantitative estimate of drug-likeness (QED) is 0.732. The Balaban J connectivity index is 2.95. The summed E-state index contributed by atoms with van der Waals surface area (Å²) in [7, 11) is 1.69. The Morgan fingerprint density at radius 2 is 2.00 bits per heavy atom. The molecule has 0 amide bonds. The summed E-state index contributed by atoms with van der Waals surface area (Å²) in [6, 6.07) is 4.17. The number of rotatable bonds is 9. The molecular weight excluding hydrogens is 334 g/mol. The van der Waals surface area contributed by atoms with E-state index in [1.54, 1.807) is 7.11 Å². The molecule has 0 spiro atoms. The third kappa shape index (κ3) is 6.24. The number of hydrogen-bond acceptors (Lipinski definition) is 4. The maximum atomic E-state index is 6.01. The van der Waals surface area contributed by atoms with Gasteiger partial charge in [-0.1, -0.05) is 0 Å². The van der Waals surface area contributed by atoms with Crippen molar-refractivity contribution in [3.63, 3.8) is 0 Å². The smallest absolute Gasteiger partial charge is 0.175 e. The van der Waals surface area contributed by atoms with E-state index in [0.717, 1.165) is 34.4 Å². The maximum Gasteiger partial charge on any atom is 0.175 e. The first kappa shape index (κ1) is 18.3. The Morgan fingerprint density at radius 1 is 1.29 bits per heavy atom. The molecule has 0 aliphatic carbocycles. The normalized spacial score (nSPS) is 13.8. The first-order valence-electron chi connectivity index (χ1n) is 7.34. The van der Waals surface area contributed by atoms with Gasteiger partial charge >= 0.3 is 0 Å². The second kappa shape index (κ2) is 9.28. The lowest BCUT2D eigenvalue weighted by atomic mass is 10.1. The molecule has 0 saturated carbocycles. The number of ether oxygens (including phenoxy) is 3. The lowest BCUT2D eigenvalue weighted by molar-refractivity contribution is 0.131. The molecule has 0 radical (unpaired) electrons. The fourth-order valence-electron chi connectivity index (χ4n) is 2.03. The molecule has 0 saturated heterocycles. The summed E-state index contributed by atoms with van der Waals surface area (Å²) in [4.78, 5) is 0. The van der Waals surface area contributed by atoms with Gasteiger partial charge in [0.2, 0.25) is 0 Å². The zero-order valence-corrected chi connectivity index (χ0v) is 14.9. The molecule has 0 bridgehead atoms. The van der Waals surface area contributed by atoms with E-state index < -0.39 is 0 Å². The second-order valence-electron chi connectivity index (χ2n) is 5.23. The Kier molecular flexibility index (Phi) is 8.07. The molecule has 2 atom stereocenters. The summed E-state index contributed by atoms with van der Waals surface area (Å²) in [6.07, 6.45) is 1.69. The highest BCUT2D eigenvalue weighted by molar-refractivity contribution is 9.10. The molecule has 4 nitrogen and oxygen atoms in total. The van der Waals surface area contributed by atoms with Crippen LogP contribution in [0, 0.1) is 0 Å². The standard InChI is InChI=1S/C16H26BrNO3/c1-5-20-15-10-13(8-11(2)18)9-14(17)16(15)21-12(3)6-7-19-4/h9-12H,5-8,18H2,1-4H3. The average molecular weight is 360 g/mol. The zero-order valence-electron chi connectivity index (χ0n) is 13.3. The largest absolute Gasteiger partial charge is 0.490 e. The van der Waals surface area contributed by atoms with Crippen LogP contribution in [-0.4, -0.2) is 32.5 Å². The zero-order chi connectivity index (χ0) is 15.8. The predicted molar refractivity (Wildman–Crippen MR) is 89.2 cm³/mol. The first-order valence-corrected chi connectivity index (χ1v) is 8.13. The van der Waals surface area contributed by atoms with E-state index in [-0.39, 0.29) is 12.1 Å². The minimum absolute atomic E-state index is 0.0553. The molecule has 0 aromatic heterocycles. The molecule has 21 heavy (non-hydrogen) atoms. The summed E-state index contributed by atoms with van der Waals surface area (Å²) in [5.74, 6) is 1.50. The van der Waals surface area contributed by atoms with Gasteiger partial charge in [0.25, 0.3) is 0 Å². The van der Waals surface area contributed by atoms with Crippen molar-refractivity contribution < 1.29 is 14.2 Å². The van der Waals surface area contributed by atoms with Gasteiger partial charge < -0.3 is 19.9 Å². The number of hydrogen-bond donors (Lipinski definition) is 1. The van der Waals surface area contributed by atoms with Crippen LogP contribution in [0.2, 0.25) is 0 Å². The molecule has 120 valence electrons. The van der Waals surface area contributed by atoms with Gasteiger partial charge in [-0.2, -0.15) is 0 Å². The molecular formula is C16H26BrNO3. The number of benzene rings is 1. The molecule has 2 unspecified atom stereocenters. The summed E-state index contributed by atoms with van der Waals surface area (Å²) in [6.45, 7) is 7.25. The van der Waals surface area contributed by atoms with E-state index in [0.29, 0.717) is 13.2 Å². The second-order valence-corrected chi connectivity index (χ2v) is 6.08. The minimum Gasteiger partial charge on any atom is -0.490 e. The van der Waals surface area contributed by atoms with E-state index >= 15 is 0 Å². The van der Waals surface area contributed by atoms with Crippen molar-refractivity contribution in [2.45, 2.75) is 45.8 Å². The van der Waals surface area contributed by atoms with Crippen LogP contribution in [0.5, 0.6) is 11.5 Å². The van der Waals surface area contributed by atoms with E-state index in [9.17, 15) is 0 Å². The first-order chi connectivity index (χ1) is 9.97. The monoisotopic (exact) mass is 359 g/mol. The van der Waals surface area contributed by atoms with E-state index in [1.165, 1.54) is 0 Å². The van der Waals surface area contributed by atoms with Gasteiger partial charge in [-0.25, -0.2) is 0 Å². The topological polar surface area (TPSA) is 53.7 Å².